The van der Waals surface area contributed by atoms with Crippen LogP contribution < -0.4 is 9.47 Å². The normalized spacial score (nSPS) is 17.2. The first kappa shape index (κ1) is 31.4. The Balaban J connectivity index is 0.000000197. The van der Waals surface area contributed by atoms with E-state index in [2.05, 4.69) is 9.69 Å². The standard InChI is InChI=1S/C18H15NO3.C18H13NO2.CH4/c1-19-13-6-4-5-12(9-13)10-16(20)15-11-22-17-8-3-2-7-14(17)18(15)21;1-19-15-6-4-5-13(11-15)9-10-14-12-21-17-8-3-2-7-16(17)18(14)20;/h2-9,15-16,20H,10-11H2;2-11,14H,12H2;1H4/b;10-9+;. The number of aliphatic hydroxyl groups is 1. The summed E-state index contributed by atoms with van der Waals surface area (Å²) in [6.07, 6.45) is 3.21. The third-order valence-electron chi connectivity index (χ3n) is 7.28. The highest BCUT2D eigenvalue weighted by molar-refractivity contribution is 6.03. The zero-order valence-corrected chi connectivity index (χ0v) is 23.2. The molecule has 2 aliphatic rings. The maximum absolute atomic E-state index is 12.5. The maximum atomic E-state index is 12.5. The molecule has 0 aromatic heterocycles. The topological polar surface area (TPSA) is 81.6 Å². The molecule has 0 saturated carbocycles. The lowest BCUT2D eigenvalue weighted by Gasteiger charge is -2.27. The second kappa shape index (κ2) is 14.6. The van der Waals surface area contributed by atoms with Crippen LogP contribution in [0, 0.1) is 25.0 Å². The summed E-state index contributed by atoms with van der Waals surface area (Å²) >= 11 is 0. The molecule has 0 fully saturated rings. The number of ketones is 2. The van der Waals surface area contributed by atoms with Gasteiger partial charge < -0.3 is 14.6 Å². The molecule has 7 heteroatoms. The van der Waals surface area contributed by atoms with Crippen molar-refractivity contribution in [2.24, 2.45) is 11.8 Å². The van der Waals surface area contributed by atoms with Gasteiger partial charge in [0.2, 0.25) is 0 Å². The number of para-hydroxylation sites is 2. The highest BCUT2D eigenvalue weighted by Crippen LogP contribution is 2.30. The van der Waals surface area contributed by atoms with Crippen LogP contribution in [0.5, 0.6) is 11.5 Å². The van der Waals surface area contributed by atoms with Crippen LogP contribution in [-0.2, 0) is 6.42 Å². The quantitative estimate of drug-likeness (QED) is 0.242. The fourth-order valence-corrected chi connectivity index (χ4v) is 4.99. The molecule has 4 aromatic rings. The fraction of sp³-hybridized carbons (Fsp3) is 0.189. The van der Waals surface area contributed by atoms with Gasteiger partial charge in [0, 0.05) is 0 Å². The Morgan fingerprint density at radius 1 is 0.773 bits per heavy atom. The zero-order valence-electron chi connectivity index (χ0n) is 23.2. The Hall–Kier alpha value is -5.50. The number of aliphatic hydroxyl groups excluding tert-OH is 1. The molecule has 220 valence electrons. The molecule has 3 unspecified atom stereocenters. The van der Waals surface area contributed by atoms with Gasteiger partial charge in [-0.2, -0.15) is 0 Å². The molecule has 0 bridgehead atoms. The summed E-state index contributed by atoms with van der Waals surface area (Å²) in [4.78, 5) is 31.6. The molecule has 7 nitrogen and oxygen atoms in total. The van der Waals surface area contributed by atoms with Crippen LogP contribution >= 0.6 is 0 Å². The predicted molar refractivity (Wildman–Crippen MR) is 170 cm³/mol. The summed E-state index contributed by atoms with van der Waals surface area (Å²) in [7, 11) is 0. The maximum Gasteiger partial charge on any atom is 0.187 e. The van der Waals surface area contributed by atoms with Crippen molar-refractivity contribution in [3.05, 3.63) is 148 Å². The minimum absolute atomic E-state index is 0. The van der Waals surface area contributed by atoms with Crippen LogP contribution in [0.1, 0.15) is 39.3 Å². The molecule has 6 rings (SSSR count). The van der Waals surface area contributed by atoms with Crippen molar-refractivity contribution < 1.29 is 24.2 Å². The van der Waals surface area contributed by atoms with Crippen LogP contribution in [0.25, 0.3) is 15.8 Å². The predicted octanol–water partition coefficient (Wildman–Crippen LogP) is 7.81. The molecule has 2 aliphatic heterocycles. The van der Waals surface area contributed by atoms with E-state index < -0.39 is 12.0 Å². The average Bonchev–Trinajstić information content (AvgIpc) is 3.05. The van der Waals surface area contributed by atoms with Gasteiger partial charge in [0.1, 0.15) is 24.7 Å². The van der Waals surface area contributed by atoms with E-state index in [1.807, 2.05) is 54.6 Å². The van der Waals surface area contributed by atoms with E-state index in [1.165, 1.54) is 0 Å². The van der Waals surface area contributed by atoms with Crippen molar-refractivity contribution in [2.45, 2.75) is 20.0 Å². The number of benzene rings is 4. The van der Waals surface area contributed by atoms with Gasteiger partial charge in [0.15, 0.2) is 22.9 Å². The van der Waals surface area contributed by atoms with Crippen LogP contribution in [0.15, 0.2) is 103 Å². The van der Waals surface area contributed by atoms with Crippen LogP contribution in [-0.4, -0.2) is 36.0 Å². The zero-order chi connectivity index (χ0) is 30.2. The number of ether oxygens (including phenoxy) is 2. The van der Waals surface area contributed by atoms with Crippen molar-refractivity contribution in [3.8, 4) is 11.5 Å². The molecule has 0 amide bonds. The van der Waals surface area contributed by atoms with Crippen LogP contribution in [0.3, 0.4) is 0 Å². The van der Waals surface area contributed by atoms with Crippen LogP contribution in [0.2, 0.25) is 0 Å². The summed E-state index contributed by atoms with van der Waals surface area (Å²) in [5.41, 5.74) is 4.03. The fourth-order valence-electron chi connectivity index (χ4n) is 4.99. The second-order valence-corrected chi connectivity index (χ2v) is 10.2. The second-order valence-electron chi connectivity index (χ2n) is 10.2. The number of carbonyl (C=O) groups excluding carboxylic acids is 2. The number of carbonyl (C=O) groups is 2. The summed E-state index contributed by atoms with van der Waals surface area (Å²) < 4.78 is 11.2. The third-order valence-corrected chi connectivity index (χ3v) is 7.28. The average molecular weight is 585 g/mol. The van der Waals surface area contributed by atoms with Gasteiger partial charge in [-0.1, -0.05) is 91.9 Å². The monoisotopic (exact) mass is 584 g/mol. The first-order valence-electron chi connectivity index (χ1n) is 13.8. The summed E-state index contributed by atoms with van der Waals surface area (Å²) in [5.74, 6) is 0.362. The largest absolute Gasteiger partial charge is 0.492 e. The van der Waals surface area contributed by atoms with E-state index in [1.54, 1.807) is 54.6 Å². The van der Waals surface area contributed by atoms with Crippen molar-refractivity contribution in [1.82, 2.24) is 0 Å². The van der Waals surface area contributed by atoms with Crippen molar-refractivity contribution in [2.75, 3.05) is 13.2 Å². The number of nitrogens with zero attached hydrogens (tertiary/aromatic N) is 2. The number of fused-ring (bicyclic) bond motifs is 2. The van der Waals surface area contributed by atoms with E-state index in [0.717, 1.165) is 11.1 Å². The first-order chi connectivity index (χ1) is 21.0. The van der Waals surface area contributed by atoms with Gasteiger partial charge in [0.05, 0.1) is 42.2 Å². The van der Waals surface area contributed by atoms with Crippen molar-refractivity contribution >= 4 is 29.0 Å². The Morgan fingerprint density at radius 2 is 1.36 bits per heavy atom. The minimum atomic E-state index is -0.832. The smallest absolute Gasteiger partial charge is 0.187 e. The molecule has 3 atom stereocenters. The van der Waals surface area contributed by atoms with E-state index in [0.29, 0.717) is 47.0 Å². The summed E-state index contributed by atoms with van der Waals surface area (Å²) in [5, 5.41) is 10.4. The van der Waals surface area contributed by atoms with Crippen LogP contribution in [0.4, 0.5) is 11.4 Å². The number of hydrogen-bond acceptors (Lipinski definition) is 5. The highest BCUT2D eigenvalue weighted by Gasteiger charge is 2.34. The van der Waals surface area contributed by atoms with Crippen molar-refractivity contribution in [3.63, 3.8) is 0 Å². The molecule has 0 radical (unpaired) electrons. The lowest BCUT2D eigenvalue weighted by molar-refractivity contribution is 0.0486. The molecule has 4 aromatic carbocycles. The lowest BCUT2D eigenvalue weighted by Crippen LogP contribution is -2.38. The molecule has 0 spiro atoms. The molecule has 44 heavy (non-hydrogen) atoms. The Labute approximate surface area is 257 Å². The van der Waals surface area contributed by atoms with Gasteiger partial charge in [-0.05, 0) is 42.3 Å². The Bertz CT molecular complexity index is 1760. The molecular formula is C37H32N2O5. The Kier molecular flexibility index (Phi) is 10.4. The van der Waals surface area contributed by atoms with E-state index in [4.69, 9.17) is 22.6 Å². The number of hydrogen-bond donors (Lipinski definition) is 1. The van der Waals surface area contributed by atoms with Gasteiger partial charge in [-0.3, -0.25) is 9.59 Å². The van der Waals surface area contributed by atoms with Gasteiger partial charge in [-0.25, -0.2) is 9.69 Å². The molecule has 0 saturated heterocycles. The van der Waals surface area contributed by atoms with E-state index in [-0.39, 0.29) is 31.5 Å². The minimum Gasteiger partial charge on any atom is -0.492 e. The van der Waals surface area contributed by atoms with E-state index >= 15 is 0 Å². The SMILES string of the molecule is C.[C-]#[N+]c1cccc(/C=C/C2COc3ccccc3C2=O)c1.[C-]#[N+]c1cccc(CC(O)C2COc3ccccc3C2=O)c1. The third kappa shape index (κ3) is 7.28. The molecule has 1 N–H and O–H groups in total. The number of rotatable bonds is 5. The van der Waals surface area contributed by atoms with E-state index in [9.17, 15) is 14.7 Å². The molecule has 0 aliphatic carbocycles. The summed E-state index contributed by atoms with van der Waals surface area (Å²) in [6, 6.07) is 28.8. The van der Waals surface area contributed by atoms with Gasteiger partial charge in [0.25, 0.3) is 0 Å². The molecule has 2 heterocycles. The van der Waals surface area contributed by atoms with Gasteiger partial charge in [-0.15, -0.1) is 0 Å². The molecular weight excluding hydrogens is 552 g/mol. The van der Waals surface area contributed by atoms with Gasteiger partial charge >= 0.3 is 0 Å². The van der Waals surface area contributed by atoms with Crippen molar-refractivity contribution in [1.29, 1.82) is 0 Å². The number of Topliss-reactive ketones (excluding diaryl/α,β-unsaturated/α-hetero) is 2. The lowest BCUT2D eigenvalue weighted by atomic mass is 9.87. The Morgan fingerprint density at radius 3 is 2.05 bits per heavy atom. The summed E-state index contributed by atoms with van der Waals surface area (Å²) in [6.45, 7) is 14.6. The highest BCUT2D eigenvalue weighted by atomic mass is 16.5. The first-order valence-corrected chi connectivity index (χ1v) is 13.8.